The van der Waals surface area contributed by atoms with Crippen LogP contribution in [0, 0.1) is 18.6 Å². The Morgan fingerprint density at radius 3 is 2.44 bits per heavy atom. The van der Waals surface area contributed by atoms with E-state index in [-0.39, 0.29) is 23.6 Å². The number of carbonyl (C=O) groups excluding carboxylic acids is 1. The van der Waals surface area contributed by atoms with Gasteiger partial charge in [0.15, 0.2) is 0 Å². The molecule has 0 atom stereocenters. The SMILES string of the molecule is CCc1nc2ccc(C3CCN(C(=O)CN4CC(O)C4)CC3)cn2c1-c1ccc(-c2nc(-c3ccc(F)cc3)cs2)c(C)c1F. The normalized spacial score (nSPS) is 16.4. The zero-order chi connectivity index (χ0) is 31.2. The van der Waals surface area contributed by atoms with Gasteiger partial charge in [0.2, 0.25) is 5.91 Å². The fourth-order valence-corrected chi connectivity index (χ4v) is 7.47. The van der Waals surface area contributed by atoms with Crippen LogP contribution in [0.25, 0.3) is 38.7 Å². The van der Waals surface area contributed by atoms with Gasteiger partial charge in [0.25, 0.3) is 0 Å². The highest BCUT2D eigenvalue weighted by Crippen LogP contribution is 2.37. The van der Waals surface area contributed by atoms with Gasteiger partial charge in [-0.15, -0.1) is 11.3 Å². The second-order valence-corrected chi connectivity index (χ2v) is 13.0. The van der Waals surface area contributed by atoms with Crippen molar-refractivity contribution in [3.05, 3.63) is 88.6 Å². The molecule has 2 aromatic carbocycles. The molecule has 0 bridgehead atoms. The molecule has 2 aliphatic heterocycles. The van der Waals surface area contributed by atoms with Gasteiger partial charge in [0, 0.05) is 54.4 Å². The van der Waals surface area contributed by atoms with E-state index in [0.717, 1.165) is 52.3 Å². The molecule has 2 aliphatic rings. The maximum absolute atomic E-state index is 16.3. The third-order valence-electron chi connectivity index (χ3n) is 9.18. The number of amides is 1. The highest BCUT2D eigenvalue weighted by Gasteiger charge is 2.30. The number of hydrogen-bond acceptors (Lipinski definition) is 6. The third-order valence-corrected chi connectivity index (χ3v) is 10.1. The number of halogens is 2. The molecule has 0 spiro atoms. The van der Waals surface area contributed by atoms with Crippen LogP contribution in [0.2, 0.25) is 0 Å². The van der Waals surface area contributed by atoms with Crippen molar-refractivity contribution in [1.82, 2.24) is 24.2 Å². The molecule has 0 aliphatic carbocycles. The topological polar surface area (TPSA) is 74.0 Å². The van der Waals surface area contributed by atoms with Crippen LogP contribution in [0.5, 0.6) is 0 Å². The Morgan fingerprint density at radius 2 is 1.73 bits per heavy atom. The van der Waals surface area contributed by atoms with Gasteiger partial charge in [-0.25, -0.2) is 18.7 Å². The van der Waals surface area contributed by atoms with Gasteiger partial charge in [-0.05, 0) is 79.6 Å². The van der Waals surface area contributed by atoms with Crippen LogP contribution >= 0.6 is 11.3 Å². The first-order chi connectivity index (χ1) is 21.8. The van der Waals surface area contributed by atoms with E-state index in [9.17, 15) is 14.3 Å². The number of imidazole rings is 1. The summed E-state index contributed by atoms with van der Waals surface area (Å²) in [4.78, 5) is 26.3. The molecular formula is C35H35F2N5O2S. The maximum Gasteiger partial charge on any atom is 0.236 e. The van der Waals surface area contributed by atoms with E-state index in [0.29, 0.717) is 61.2 Å². The summed E-state index contributed by atoms with van der Waals surface area (Å²) in [6, 6.07) is 14.1. The number of carbonyl (C=O) groups is 1. The van der Waals surface area contributed by atoms with Crippen molar-refractivity contribution in [2.24, 2.45) is 0 Å². The minimum Gasteiger partial charge on any atom is -0.390 e. The number of aromatic nitrogens is 3. The van der Waals surface area contributed by atoms with Crippen molar-refractivity contribution in [2.45, 2.75) is 45.1 Å². The van der Waals surface area contributed by atoms with Gasteiger partial charge >= 0.3 is 0 Å². The number of thiazole rings is 1. The van der Waals surface area contributed by atoms with Crippen molar-refractivity contribution in [1.29, 1.82) is 0 Å². The van der Waals surface area contributed by atoms with Gasteiger partial charge in [-0.1, -0.05) is 19.1 Å². The molecule has 45 heavy (non-hydrogen) atoms. The smallest absolute Gasteiger partial charge is 0.236 e. The van der Waals surface area contributed by atoms with E-state index in [2.05, 4.69) is 12.3 Å². The number of aliphatic hydroxyl groups excluding tert-OH is 1. The second kappa shape index (κ2) is 12.1. The van der Waals surface area contributed by atoms with Crippen molar-refractivity contribution < 1.29 is 18.7 Å². The highest BCUT2D eigenvalue weighted by atomic mass is 32.1. The van der Waals surface area contributed by atoms with Gasteiger partial charge in [0.1, 0.15) is 22.3 Å². The predicted molar refractivity (Wildman–Crippen MR) is 172 cm³/mol. The first kappa shape index (κ1) is 29.7. The molecule has 0 saturated carbocycles. The first-order valence-corrected chi connectivity index (χ1v) is 16.4. The van der Waals surface area contributed by atoms with Gasteiger partial charge in [0.05, 0.1) is 29.7 Å². The fraction of sp³-hybridized carbons (Fsp3) is 0.343. The van der Waals surface area contributed by atoms with E-state index < -0.39 is 0 Å². The number of rotatable bonds is 7. The molecule has 7 rings (SSSR count). The number of fused-ring (bicyclic) bond motifs is 1. The molecule has 2 fully saturated rings. The summed E-state index contributed by atoms with van der Waals surface area (Å²) in [7, 11) is 0. The number of aryl methyl sites for hydroxylation is 1. The quantitative estimate of drug-likeness (QED) is 0.229. The average Bonchev–Trinajstić information content (AvgIpc) is 3.67. The third kappa shape index (κ3) is 5.67. The van der Waals surface area contributed by atoms with Gasteiger partial charge in [-0.3, -0.25) is 14.1 Å². The highest BCUT2D eigenvalue weighted by molar-refractivity contribution is 7.13. The first-order valence-electron chi connectivity index (χ1n) is 15.5. The predicted octanol–water partition coefficient (Wildman–Crippen LogP) is 6.32. The minimum absolute atomic E-state index is 0.124. The summed E-state index contributed by atoms with van der Waals surface area (Å²) in [5, 5.41) is 12.1. The Kier molecular flexibility index (Phi) is 7.97. The fourth-order valence-electron chi connectivity index (χ4n) is 6.56. The van der Waals surface area contributed by atoms with E-state index in [1.54, 1.807) is 19.1 Å². The Hall–Kier alpha value is -3.99. The van der Waals surface area contributed by atoms with Gasteiger partial charge in [-0.2, -0.15) is 0 Å². The number of hydrogen-bond donors (Lipinski definition) is 1. The molecule has 1 N–H and O–H groups in total. The van der Waals surface area contributed by atoms with Crippen LogP contribution in [0.15, 0.2) is 60.1 Å². The summed E-state index contributed by atoms with van der Waals surface area (Å²) in [5.41, 5.74) is 6.83. The number of β-amino-alcohol motifs (C(OH)–C–C–N with tert-alkyl or cyclic N) is 1. The molecule has 3 aromatic heterocycles. The number of nitrogens with zero attached hydrogens (tertiary/aromatic N) is 5. The summed E-state index contributed by atoms with van der Waals surface area (Å²) in [6.45, 7) is 6.72. The standard InChI is InChI=1S/C35H35F2N5O2S/c1-3-29-34(28-10-9-27(21(2)33(28)37)35-39-30(20-45-35)23-4-7-25(36)8-5-23)42-16-24(6-11-31(42)38-29)22-12-14-41(15-13-22)32(44)19-40-17-26(43)18-40/h4-11,16,20,22,26,43H,3,12-15,17-19H2,1-2H3. The Balaban J connectivity index is 1.15. The lowest BCUT2D eigenvalue weighted by Crippen LogP contribution is -2.55. The minimum atomic E-state index is -0.310. The van der Waals surface area contributed by atoms with E-state index in [1.807, 2.05) is 44.7 Å². The number of piperidine rings is 1. The van der Waals surface area contributed by atoms with Crippen molar-refractivity contribution in [3.63, 3.8) is 0 Å². The van der Waals surface area contributed by atoms with Crippen molar-refractivity contribution in [3.8, 4) is 33.1 Å². The zero-order valence-corrected chi connectivity index (χ0v) is 26.2. The molecule has 5 aromatic rings. The molecular weight excluding hydrogens is 592 g/mol. The van der Waals surface area contributed by atoms with Crippen molar-refractivity contribution in [2.75, 3.05) is 32.7 Å². The summed E-state index contributed by atoms with van der Waals surface area (Å²) in [6.07, 6.45) is 4.17. The molecule has 0 unspecified atom stereocenters. The molecule has 1 amide bonds. The lowest BCUT2D eigenvalue weighted by atomic mass is 9.90. The monoisotopic (exact) mass is 627 g/mol. The summed E-state index contributed by atoms with van der Waals surface area (Å²) >= 11 is 1.44. The molecule has 2 saturated heterocycles. The van der Waals surface area contributed by atoms with Crippen LogP contribution in [-0.4, -0.2) is 74.0 Å². The lowest BCUT2D eigenvalue weighted by molar-refractivity contribution is -0.136. The van der Waals surface area contributed by atoms with Crippen molar-refractivity contribution >= 4 is 22.9 Å². The number of benzene rings is 2. The summed E-state index contributed by atoms with van der Waals surface area (Å²) < 4.78 is 31.7. The van der Waals surface area contributed by atoms with Crippen LogP contribution < -0.4 is 0 Å². The molecule has 0 radical (unpaired) electrons. The van der Waals surface area contributed by atoms with Crippen LogP contribution in [0.4, 0.5) is 8.78 Å². The Bertz CT molecular complexity index is 1870. The molecule has 10 heteroatoms. The number of aliphatic hydroxyl groups is 1. The molecule has 7 nitrogen and oxygen atoms in total. The van der Waals surface area contributed by atoms with Gasteiger partial charge < -0.3 is 10.0 Å². The van der Waals surface area contributed by atoms with E-state index >= 15 is 4.39 Å². The number of likely N-dealkylation sites (tertiary alicyclic amines) is 2. The van der Waals surface area contributed by atoms with Crippen LogP contribution in [0.3, 0.4) is 0 Å². The van der Waals surface area contributed by atoms with Crippen LogP contribution in [-0.2, 0) is 11.2 Å². The molecule has 232 valence electrons. The average molecular weight is 628 g/mol. The summed E-state index contributed by atoms with van der Waals surface area (Å²) in [5.74, 6) is -0.182. The number of pyridine rings is 1. The zero-order valence-electron chi connectivity index (χ0n) is 25.3. The molecule has 5 heterocycles. The lowest BCUT2D eigenvalue weighted by Gasteiger charge is -2.38. The van der Waals surface area contributed by atoms with E-state index in [1.165, 1.54) is 23.5 Å². The second-order valence-electron chi connectivity index (χ2n) is 12.1. The van der Waals surface area contributed by atoms with E-state index in [4.69, 9.17) is 9.97 Å². The Morgan fingerprint density at radius 1 is 1.00 bits per heavy atom. The maximum atomic E-state index is 16.3. The van der Waals surface area contributed by atoms with Crippen LogP contribution in [0.1, 0.15) is 42.5 Å². The largest absolute Gasteiger partial charge is 0.390 e. The Labute approximate surface area is 264 Å².